The van der Waals surface area contributed by atoms with E-state index in [1.807, 2.05) is 0 Å². The number of hydrogen-bond acceptors (Lipinski definition) is 3. The fraction of sp³-hybridized carbons (Fsp3) is 1.00. The molecule has 10 heavy (non-hydrogen) atoms. The van der Waals surface area contributed by atoms with Crippen LogP contribution >= 0.6 is 30.2 Å². The molecule has 0 radical (unpaired) electrons. The second kappa shape index (κ2) is 4.66. The molecule has 0 aliphatic heterocycles. The Morgan fingerprint density at radius 2 is 2.30 bits per heavy atom. The molecule has 0 amide bonds. The molecule has 2 atom stereocenters. The van der Waals surface area contributed by atoms with E-state index in [0.717, 1.165) is 11.1 Å². The van der Waals surface area contributed by atoms with Gasteiger partial charge < -0.3 is 4.89 Å². The number of halogens is 1. The molecule has 0 saturated heterocycles. The first-order valence-corrected chi connectivity index (χ1v) is 6.22. The van der Waals surface area contributed by atoms with E-state index in [1.54, 1.807) is 6.92 Å². The summed E-state index contributed by atoms with van der Waals surface area (Å²) in [5, 5.41) is 0. The van der Waals surface area contributed by atoms with Crippen LogP contribution in [0.1, 0.15) is 6.92 Å². The topological polar surface area (TPSA) is 55.8 Å². The third-order valence-electron chi connectivity index (χ3n) is 0.563. The lowest BCUT2D eigenvalue weighted by molar-refractivity contribution is -0.237. The van der Waals surface area contributed by atoms with Gasteiger partial charge in [0.1, 0.15) is 0 Å². The second-order valence-electron chi connectivity index (χ2n) is 1.94. The van der Waals surface area contributed by atoms with Crippen molar-refractivity contribution in [2.45, 2.75) is 13.0 Å². The molecule has 6 heteroatoms. The van der Waals surface area contributed by atoms with E-state index in [0.29, 0.717) is 0 Å². The molecule has 0 rings (SSSR count). The van der Waals surface area contributed by atoms with Crippen LogP contribution in [0.5, 0.6) is 0 Å². The van der Waals surface area contributed by atoms with E-state index in [-0.39, 0.29) is 6.10 Å². The predicted molar refractivity (Wildman–Crippen MR) is 46.3 cm³/mol. The highest BCUT2D eigenvalue weighted by atomic mass is 127. The van der Waals surface area contributed by atoms with Gasteiger partial charge in [-0.05, 0) is 6.92 Å². The molecule has 2 unspecified atom stereocenters. The minimum Gasteiger partial charge on any atom is -0.323 e. The van der Waals surface area contributed by atoms with Gasteiger partial charge in [0.2, 0.25) is 0 Å². The molecular formula is C4H10IO4P. The van der Waals surface area contributed by atoms with Crippen LogP contribution in [-0.2, 0) is 14.1 Å². The second-order valence-corrected chi connectivity index (χ2v) is 4.57. The van der Waals surface area contributed by atoms with Crippen molar-refractivity contribution in [2.24, 2.45) is 0 Å². The standard InChI is InChI=1S/C4H10IO4P/c1-4(3-5)8-9-10(2,6)7/h4H,3H2,1-2H3,(H,6,7). The third-order valence-corrected chi connectivity index (χ3v) is 2.17. The SMILES string of the molecule is CC(CI)OOP(C)(=O)O. The molecule has 0 aliphatic rings. The molecule has 0 bridgehead atoms. The number of hydrogen-bond donors (Lipinski definition) is 1. The van der Waals surface area contributed by atoms with Crippen LogP contribution in [0.2, 0.25) is 0 Å². The zero-order chi connectivity index (χ0) is 8.20. The van der Waals surface area contributed by atoms with Crippen LogP contribution in [0, 0.1) is 0 Å². The Labute approximate surface area is 73.5 Å². The van der Waals surface area contributed by atoms with E-state index in [1.165, 1.54) is 0 Å². The highest BCUT2D eigenvalue weighted by molar-refractivity contribution is 14.1. The molecular weight excluding hydrogens is 270 g/mol. The molecule has 0 heterocycles. The van der Waals surface area contributed by atoms with Gasteiger partial charge in [-0.25, -0.2) is 4.89 Å². The fourth-order valence-corrected chi connectivity index (χ4v) is 0.632. The average Bonchev–Trinajstić information content (AvgIpc) is 1.81. The van der Waals surface area contributed by atoms with Crippen molar-refractivity contribution in [3.8, 4) is 0 Å². The smallest absolute Gasteiger partial charge is 0.323 e. The monoisotopic (exact) mass is 280 g/mol. The van der Waals surface area contributed by atoms with E-state index >= 15 is 0 Å². The molecule has 0 aromatic rings. The van der Waals surface area contributed by atoms with Gasteiger partial charge >= 0.3 is 7.60 Å². The number of alkyl halides is 1. The first kappa shape index (κ1) is 10.8. The van der Waals surface area contributed by atoms with E-state index in [9.17, 15) is 4.57 Å². The maximum Gasteiger partial charge on any atom is 0.352 e. The van der Waals surface area contributed by atoms with Crippen molar-refractivity contribution >= 4 is 30.2 Å². The minimum atomic E-state index is -3.46. The van der Waals surface area contributed by atoms with Crippen LogP contribution in [0.25, 0.3) is 0 Å². The largest absolute Gasteiger partial charge is 0.352 e. The first-order valence-electron chi connectivity index (χ1n) is 2.67. The van der Waals surface area contributed by atoms with Gasteiger partial charge in [0.25, 0.3) is 0 Å². The van der Waals surface area contributed by atoms with Gasteiger partial charge in [-0.15, -0.1) is 4.67 Å². The Bertz CT molecular complexity index is 133. The summed E-state index contributed by atoms with van der Waals surface area (Å²) in [5.41, 5.74) is 0. The summed E-state index contributed by atoms with van der Waals surface area (Å²) in [4.78, 5) is 13.1. The average molecular weight is 280 g/mol. The van der Waals surface area contributed by atoms with Crippen molar-refractivity contribution in [2.75, 3.05) is 11.1 Å². The zero-order valence-corrected chi connectivity index (χ0v) is 8.83. The molecule has 1 N–H and O–H groups in total. The highest BCUT2D eigenvalue weighted by Gasteiger charge is 2.13. The summed E-state index contributed by atoms with van der Waals surface area (Å²) in [6.07, 6.45) is -0.152. The van der Waals surface area contributed by atoms with Gasteiger partial charge in [-0.1, -0.05) is 22.6 Å². The Morgan fingerprint density at radius 1 is 1.80 bits per heavy atom. The summed E-state index contributed by atoms with van der Waals surface area (Å²) in [6.45, 7) is 2.83. The highest BCUT2D eigenvalue weighted by Crippen LogP contribution is 2.37. The molecule has 0 aromatic carbocycles. The van der Waals surface area contributed by atoms with Crippen molar-refractivity contribution in [1.82, 2.24) is 0 Å². The van der Waals surface area contributed by atoms with Gasteiger partial charge in [0, 0.05) is 11.1 Å². The maximum atomic E-state index is 10.4. The summed E-state index contributed by atoms with van der Waals surface area (Å²) in [7, 11) is -3.46. The maximum absolute atomic E-state index is 10.4. The Hall–Kier alpha value is 0.840. The first-order chi connectivity index (χ1) is 4.45. The van der Waals surface area contributed by atoms with E-state index in [4.69, 9.17) is 4.89 Å². The quantitative estimate of drug-likeness (QED) is 0.279. The summed E-state index contributed by atoms with van der Waals surface area (Å²) in [5.74, 6) is 0. The Balaban J connectivity index is 3.46. The van der Waals surface area contributed by atoms with Gasteiger partial charge in [-0.2, -0.15) is 0 Å². The van der Waals surface area contributed by atoms with Crippen LogP contribution in [0.15, 0.2) is 0 Å². The van der Waals surface area contributed by atoms with E-state index in [2.05, 4.69) is 32.2 Å². The molecule has 0 fully saturated rings. The lowest BCUT2D eigenvalue weighted by Gasteiger charge is -2.09. The molecule has 0 spiro atoms. The van der Waals surface area contributed by atoms with Gasteiger partial charge in [0.15, 0.2) is 0 Å². The van der Waals surface area contributed by atoms with Gasteiger partial charge in [0.05, 0.1) is 6.10 Å². The summed E-state index contributed by atoms with van der Waals surface area (Å²) >= 11 is 2.09. The van der Waals surface area contributed by atoms with Gasteiger partial charge in [-0.3, -0.25) is 4.57 Å². The van der Waals surface area contributed by atoms with Crippen molar-refractivity contribution in [1.29, 1.82) is 0 Å². The van der Waals surface area contributed by atoms with Crippen molar-refractivity contribution in [3.63, 3.8) is 0 Å². The molecule has 62 valence electrons. The van der Waals surface area contributed by atoms with Crippen molar-refractivity contribution < 1.29 is 19.0 Å². The van der Waals surface area contributed by atoms with Crippen LogP contribution in [0.4, 0.5) is 0 Å². The lowest BCUT2D eigenvalue weighted by Crippen LogP contribution is -2.08. The normalized spacial score (nSPS) is 20.0. The van der Waals surface area contributed by atoms with Crippen LogP contribution < -0.4 is 0 Å². The predicted octanol–water partition coefficient (Wildman–Crippen LogP) is 1.57. The Morgan fingerprint density at radius 3 is 2.60 bits per heavy atom. The van der Waals surface area contributed by atoms with E-state index < -0.39 is 7.60 Å². The molecule has 0 saturated carbocycles. The van der Waals surface area contributed by atoms with Crippen molar-refractivity contribution in [3.05, 3.63) is 0 Å². The molecule has 0 aromatic heterocycles. The summed E-state index contributed by atoms with van der Waals surface area (Å²) in [6, 6.07) is 0. The van der Waals surface area contributed by atoms with Crippen LogP contribution in [0.3, 0.4) is 0 Å². The third kappa shape index (κ3) is 6.95. The molecule has 0 aliphatic carbocycles. The zero-order valence-electron chi connectivity index (χ0n) is 5.78. The summed E-state index contributed by atoms with van der Waals surface area (Å²) < 4.78 is 15.3. The Kier molecular flexibility index (Phi) is 5.06. The lowest BCUT2D eigenvalue weighted by atomic mass is 10.5. The fourth-order valence-electron chi connectivity index (χ4n) is 0.179. The minimum absolute atomic E-state index is 0.152. The number of rotatable bonds is 4. The molecule has 4 nitrogen and oxygen atoms in total. The van der Waals surface area contributed by atoms with Crippen LogP contribution in [-0.4, -0.2) is 22.1 Å².